The molecule has 0 radical (unpaired) electrons. The molecule has 11 nitrogen and oxygen atoms in total. The van der Waals surface area contributed by atoms with Gasteiger partial charge in [0.25, 0.3) is 0 Å². The maximum Gasteiger partial charge on any atom is 0.139 e. The second kappa shape index (κ2) is 14.4. The van der Waals surface area contributed by atoms with E-state index in [9.17, 15) is 0 Å². The van der Waals surface area contributed by atoms with E-state index < -0.39 is 0 Å². The summed E-state index contributed by atoms with van der Waals surface area (Å²) in [4.78, 5) is 27.5. The largest absolute Gasteiger partial charge is 0.378 e. The Balaban J connectivity index is 1.03. The minimum absolute atomic E-state index is 0.764. The van der Waals surface area contributed by atoms with Crippen LogP contribution in [-0.4, -0.2) is 127 Å². The van der Waals surface area contributed by atoms with Crippen LogP contribution in [0.4, 0.5) is 11.4 Å². The van der Waals surface area contributed by atoms with Crippen LogP contribution in [0, 0.1) is 0 Å². The standard InChI is InChI=1S/C43H49N9O2/c1-48-15-17-49(18-16-48)13-2-3-14-52-39-12-7-30(42-44-35-10-8-31(28-37(35)46-42)50-19-23-53-24-20-50)27-34(39)41-33(5-4-6-40(41)52)43-45-36-11-9-32(29-38(36)47-43)51-21-25-54-26-22-51/h4-12,27-29H,2-3,13-26H2,1H3,(H,44,46)(H,45,47). The number of likely N-dealkylation sites (N-methyl/N-ethyl adjacent to an activating group) is 1. The predicted molar refractivity (Wildman–Crippen MR) is 219 cm³/mol. The fraction of sp³-hybridized carbons (Fsp3) is 0.395. The quantitative estimate of drug-likeness (QED) is 0.162. The van der Waals surface area contributed by atoms with E-state index in [1.807, 2.05) is 0 Å². The van der Waals surface area contributed by atoms with Crippen LogP contribution in [0.1, 0.15) is 12.8 Å². The Morgan fingerprint density at radius 1 is 0.611 bits per heavy atom. The van der Waals surface area contributed by atoms with E-state index in [0.717, 1.165) is 130 Å². The Hall–Kier alpha value is -4.94. The molecule has 54 heavy (non-hydrogen) atoms. The lowest BCUT2D eigenvalue weighted by Gasteiger charge is -2.32. The normalized spacial score (nSPS) is 17.9. The van der Waals surface area contributed by atoms with Crippen molar-refractivity contribution in [2.24, 2.45) is 0 Å². The van der Waals surface area contributed by atoms with Gasteiger partial charge >= 0.3 is 0 Å². The number of hydrogen-bond donors (Lipinski definition) is 2. The minimum Gasteiger partial charge on any atom is -0.378 e. The summed E-state index contributed by atoms with van der Waals surface area (Å²) >= 11 is 0. The molecule has 6 heterocycles. The van der Waals surface area contributed by atoms with Gasteiger partial charge in [0.05, 0.1) is 48.5 Å². The van der Waals surface area contributed by atoms with Crippen molar-refractivity contribution in [3.05, 3.63) is 72.8 Å². The molecule has 0 aliphatic carbocycles. The van der Waals surface area contributed by atoms with Gasteiger partial charge in [-0.15, -0.1) is 0 Å². The van der Waals surface area contributed by atoms with Crippen LogP contribution in [0.15, 0.2) is 72.8 Å². The molecular weight excluding hydrogens is 675 g/mol. The number of aromatic nitrogens is 5. The smallest absolute Gasteiger partial charge is 0.139 e. The first-order chi connectivity index (χ1) is 26.6. The molecule has 10 rings (SSSR count). The summed E-state index contributed by atoms with van der Waals surface area (Å²) in [6.45, 7) is 13.5. The molecule has 0 saturated carbocycles. The second-order valence-corrected chi connectivity index (χ2v) is 15.2. The van der Waals surface area contributed by atoms with Crippen molar-refractivity contribution in [2.45, 2.75) is 19.4 Å². The van der Waals surface area contributed by atoms with Crippen LogP contribution in [0.25, 0.3) is 66.6 Å². The molecule has 3 aliphatic heterocycles. The third kappa shape index (κ3) is 6.38. The van der Waals surface area contributed by atoms with Crippen LogP contribution in [-0.2, 0) is 16.0 Å². The van der Waals surface area contributed by atoms with E-state index in [4.69, 9.17) is 19.4 Å². The number of rotatable bonds is 9. The van der Waals surface area contributed by atoms with Gasteiger partial charge in [-0.3, -0.25) is 0 Å². The summed E-state index contributed by atoms with van der Waals surface area (Å²) in [5.74, 6) is 1.78. The molecule has 11 heteroatoms. The molecule has 0 amide bonds. The number of piperazine rings is 1. The highest BCUT2D eigenvalue weighted by molar-refractivity contribution is 6.15. The third-order valence-electron chi connectivity index (χ3n) is 11.8. The monoisotopic (exact) mass is 723 g/mol. The van der Waals surface area contributed by atoms with Crippen molar-refractivity contribution in [3.8, 4) is 22.8 Å². The lowest BCUT2D eigenvalue weighted by molar-refractivity contribution is 0.122. The van der Waals surface area contributed by atoms with Crippen LogP contribution in [0.3, 0.4) is 0 Å². The fourth-order valence-corrected chi connectivity index (χ4v) is 8.71. The summed E-state index contributed by atoms with van der Waals surface area (Å²) in [7, 11) is 2.23. The highest BCUT2D eigenvalue weighted by atomic mass is 16.5. The van der Waals surface area contributed by atoms with Crippen molar-refractivity contribution in [1.29, 1.82) is 0 Å². The number of benzene rings is 4. The van der Waals surface area contributed by atoms with Gasteiger partial charge in [-0.2, -0.15) is 0 Å². The Morgan fingerprint density at radius 2 is 1.24 bits per heavy atom. The molecule has 0 spiro atoms. The van der Waals surface area contributed by atoms with E-state index in [1.165, 1.54) is 52.7 Å². The van der Waals surface area contributed by atoms with Gasteiger partial charge in [0.2, 0.25) is 0 Å². The zero-order chi connectivity index (χ0) is 36.0. The Bertz CT molecular complexity index is 2430. The average Bonchev–Trinajstić information content (AvgIpc) is 3.94. The van der Waals surface area contributed by atoms with Crippen LogP contribution >= 0.6 is 0 Å². The van der Waals surface area contributed by atoms with Gasteiger partial charge in [-0.1, -0.05) is 12.1 Å². The van der Waals surface area contributed by atoms with E-state index >= 15 is 0 Å². The Morgan fingerprint density at radius 3 is 1.93 bits per heavy atom. The highest BCUT2D eigenvalue weighted by Gasteiger charge is 2.21. The van der Waals surface area contributed by atoms with E-state index in [1.54, 1.807) is 0 Å². The number of morpholine rings is 2. The van der Waals surface area contributed by atoms with E-state index in [0.29, 0.717) is 0 Å². The van der Waals surface area contributed by atoms with Gasteiger partial charge in [0, 0.05) is 103 Å². The minimum atomic E-state index is 0.764. The molecule has 3 saturated heterocycles. The topological polar surface area (TPSA) is 93.7 Å². The summed E-state index contributed by atoms with van der Waals surface area (Å²) in [5.41, 5.74) is 11.2. The molecule has 2 N–H and O–H groups in total. The zero-order valence-corrected chi connectivity index (χ0v) is 31.2. The number of fused-ring (bicyclic) bond motifs is 5. The number of ether oxygens (including phenoxy) is 2. The molecule has 3 fully saturated rings. The number of imidazole rings is 2. The summed E-state index contributed by atoms with van der Waals surface area (Å²) in [6, 6.07) is 26.7. The number of H-pyrrole nitrogens is 2. The SMILES string of the molecule is CN1CCN(CCCCn2c3ccc(-c4nc5ccc(N6CCOCC6)cc5[nH]4)cc3c3c(-c4nc5ccc(N6CCOCC6)cc5[nH]4)cccc32)CC1. The van der Waals surface area contributed by atoms with Crippen molar-refractivity contribution in [3.63, 3.8) is 0 Å². The molecule has 0 atom stereocenters. The van der Waals surface area contributed by atoms with Crippen LogP contribution in [0.5, 0.6) is 0 Å². The first-order valence-electron chi connectivity index (χ1n) is 19.8. The molecule has 7 aromatic rings. The lowest BCUT2D eigenvalue weighted by Crippen LogP contribution is -2.44. The van der Waals surface area contributed by atoms with Crippen molar-refractivity contribution in [1.82, 2.24) is 34.3 Å². The van der Waals surface area contributed by atoms with Gasteiger partial charge in [0.15, 0.2) is 0 Å². The van der Waals surface area contributed by atoms with Gasteiger partial charge in [-0.05, 0) is 87.1 Å². The molecule has 3 aliphatic rings. The van der Waals surface area contributed by atoms with Gasteiger partial charge in [-0.25, -0.2) is 9.97 Å². The van der Waals surface area contributed by atoms with Crippen molar-refractivity contribution < 1.29 is 9.47 Å². The van der Waals surface area contributed by atoms with E-state index in [-0.39, 0.29) is 0 Å². The van der Waals surface area contributed by atoms with Gasteiger partial charge < -0.3 is 43.6 Å². The van der Waals surface area contributed by atoms with Crippen LogP contribution < -0.4 is 9.80 Å². The van der Waals surface area contributed by atoms with E-state index in [2.05, 4.69) is 114 Å². The second-order valence-electron chi connectivity index (χ2n) is 15.2. The first kappa shape index (κ1) is 33.6. The number of aromatic amines is 2. The number of nitrogens with zero attached hydrogens (tertiary/aromatic N) is 7. The molecule has 278 valence electrons. The zero-order valence-electron chi connectivity index (χ0n) is 31.2. The predicted octanol–water partition coefficient (Wildman–Crippen LogP) is 6.58. The molecular formula is C43H49N9O2. The molecule has 3 aromatic heterocycles. The average molecular weight is 724 g/mol. The molecule has 0 bridgehead atoms. The van der Waals surface area contributed by atoms with Crippen molar-refractivity contribution in [2.75, 3.05) is 102 Å². The van der Waals surface area contributed by atoms with Crippen LogP contribution in [0.2, 0.25) is 0 Å². The number of unbranched alkanes of at least 4 members (excludes halogenated alkanes) is 1. The summed E-state index contributed by atoms with van der Waals surface area (Å²) in [5, 5.41) is 2.45. The Kier molecular flexibility index (Phi) is 8.95. The maximum absolute atomic E-state index is 5.61. The molecule has 0 unspecified atom stereocenters. The number of hydrogen-bond acceptors (Lipinski definition) is 8. The first-order valence-corrected chi connectivity index (χ1v) is 19.8. The Labute approximate surface area is 315 Å². The maximum atomic E-state index is 5.61. The fourth-order valence-electron chi connectivity index (χ4n) is 8.71. The summed E-state index contributed by atoms with van der Waals surface area (Å²) < 4.78 is 13.7. The van der Waals surface area contributed by atoms with Gasteiger partial charge in [0.1, 0.15) is 11.6 Å². The lowest BCUT2D eigenvalue weighted by atomic mass is 10.0. The highest BCUT2D eigenvalue weighted by Crippen LogP contribution is 2.39. The number of nitrogens with one attached hydrogen (secondary N) is 2. The third-order valence-corrected chi connectivity index (χ3v) is 11.8. The number of anilines is 2. The summed E-state index contributed by atoms with van der Waals surface area (Å²) in [6.07, 6.45) is 2.31. The molecule has 4 aromatic carbocycles. The van der Waals surface area contributed by atoms with Crippen molar-refractivity contribution >= 4 is 55.2 Å². The number of aryl methyl sites for hydroxylation is 1.